The zero-order chi connectivity index (χ0) is 15.6. The number of aromatic nitrogens is 3. The van der Waals surface area contributed by atoms with Crippen LogP contribution >= 0.6 is 0 Å². The highest BCUT2D eigenvalue weighted by atomic mass is 16.4. The van der Waals surface area contributed by atoms with Gasteiger partial charge in [0.25, 0.3) is 0 Å². The summed E-state index contributed by atoms with van der Waals surface area (Å²) in [6.07, 6.45) is 4.10. The molecular weight excluding hydrogens is 268 g/mol. The molecule has 2 aromatic rings. The van der Waals surface area contributed by atoms with Gasteiger partial charge in [0.15, 0.2) is 5.65 Å². The van der Waals surface area contributed by atoms with Crippen molar-refractivity contribution in [3.8, 4) is 0 Å². The molecule has 0 fully saturated rings. The van der Waals surface area contributed by atoms with Crippen molar-refractivity contribution in [2.45, 2.75) is 20.3 Å². The van der Waals surface area contributed by atoms with E-state index in [2.05, 4.69) is 23.6 Å². The number of rotatable bonds is 6. The van der Waals surface area contributed by atoms with E-state index in [0.29, 0.717) is 17.9 Å². The third kappa shape index (κ3) is 2.61. The predicted molar refractivity (Wildman–Crippen MR) is 82.9 cm³/mol. The molecule has 112 valence electrons. The van der Waals surface area contributed by atoms with Crippen molar-refractivity contribution < 1.29 is 9.90 Å². The van der Waals surface area contributed by atoms with E-state index in [1.807, 2.05) is 18.9 Å². The van der Waals surface area contributed by atoms with Crippen molar-refractivity contribution in [2.24, 2.45) is 7.05 Å². The summed E-state index contributed by atoms with van der Waals surface area (Å²) >= 11 is 0. The van der Waals surface area contributed by atoms with Crippen molar-refractivity contribution in [3.05, 3.63) is 30.1 Å². The fourth-order valence-electron chi connectivity index (χ4n) is 2.60. The molecule has 2 aromatic heterocycles. The molecule has 0 saturated carbocycles. The maximum Gasteiger partial charge on any atom is 0.339 e. The average molecular weight is 288 g/mol. The second-order valence-corrected chi connectivity index (χ2v) is 4.97. The van der Waals surface area contributed by atoms with Gasteiger partial charge in [-0.15, -0.1) is 6.58 Å². The molecule has 0 saturated heterocycles. The van der Waals surface area contributed by atoms with Crippen molar-refractivity contribution in [2.75, 3.05) is 18.0 Å². The molecule has 2 heterocycles. The molecule has 21 heavy (non-hydrogen) atoms. The zero-order valence-corrected chi connectivity index (χ0v) is 12.6. The van der Waals surface area contributed by atoms with Crippen LogP contribution in [0.5, 0.6) is 0 Å². The third-order valence-corrected chi connectivity index (χ3v) is 3.39. The molecule has 6 heteroatoms. The maximum atomic E-state index is 11.6. The van der Waals surface area contributed by atoms with Crippen molar-refractivity contribution in [1.82, 2.24) is 14.8 Å². The van der Waals surface area contributed by atoms with Crippen LogP contribution in [0.2, 0.25) is 0 Å². The minimum Gasteiger partial charge on any atom is -0.478 e. The van der Waals surface area contributed by atoms with Crippen LogP contribution in [0.15, 0.2) is 18.9 Å². The number of pyridine rings is 1. The molecule has 0 spiro atoms. The van der Waals surface area contributed by atoms with Gasteiger partial charge in [-0.05, 0) is 13.3 Å². The Labute approximate surface area is 123 Å². The number of aryl methyl sites for hydroxylation is 2. The van der Waals surface area contributed by atoms with Gasteiger partial charge in [0, 0.05) is 26.3 Å². The van der Waals surface area contributed by atoms with E-state index < -0.39 is 5.97 Å². The number of hydrogen-bond acceptors (Lipinski definition) is 4. The Hall–Kier alpha value is -2.37. The molecule has 1 N–H and O–H groups in total. The summed E-state index contributed by atoms with van der Waals surface area (Å²) in [5, 5.41) is 14.6. The lowest BCUT2D eigenvalue weighted by molar-refractivity contribution is 0.0697. The number of aromatic carboxylic acids is 1. The van der Waals surface area contributed by atoms with Gasteiger partial charge in [-0.3, -0.25) is 4.68 Å². The van der Waals surface area contributed by atoms with Crippen LogP contribution in [0.1, 0.15) is 29.4 Å². The van der Waals surface area contributed by atoms with E-state index in [-0.39, 0.29) is 5.56 Å². The standard InChI is InChI=1S/C15H20N4O2/c1-5-7-19(8-6-2)13-11(15(20)21)9-16-14-12(13)10(3)17-18(14)4/h5,9H,1,6-8H2,2-4H3,(H,20,21). The lowest BCUT2D eigenvalue weighted by Gasteiger charge is -2.25. The Bertz CT molecular complexity index is 691. The molecule has 0 aliphatic rings. The second-order valence-electron chi connectivity index (χ2n) is 4.97. The first-order valence-corrected chi connectivity index (χ1v) is 6.92. The largest absolute Gasteiger partial charge is 0.478 e. The lowest BCUT2D eigenvalue weighted by atomic mass is 10.1. The summed E-state index contributed by atoms with van der Waals surface area (Å²) in [5.41, 5.74) is 2.36. The first-order chi connectivity index (χ1) is 10.0. The third-order valence-electron chi connectivity index (χ3n) is 3.39. The number of carbonyl (C=O) groups is 1. The van der Waals surface area contributed by atoms with Gasteiger partial charge in [-0.25, -0.2) is 9.78 Å². The highest BCUT2D eigenvalue weighted by molar-refractivity contribution is 6.04. The molecule has 0 aliphatic carbocycles. The monoisotopic (exact) mass is 288 g/mol. The summed E-state index contributed by atoms with van der Waals surface area (Å²) in [5.74, 6) is -0.979. The molecule has 0 aliphatic heterocycles. The first-order valence-electron chi connectivity index (χ1n) is 6.92. The van der Waals surface area contributed by atoms with Gasteiger partial charge in [0.05, 0.1) is 16.8 Å². The van der Waals surface area contributed by atoms with Crippen LogP contribution in [0, 0.1) is 6.92 Å². The van der Waals surface area contributed by atoms with Crippen LogP contribution < -0.4 is 4.90 Å². The van der Waals surface area contributed by atoms with E-state index in [1.165, 1.54) is 6.20 Å². The summed E-state index contributed by atoms with van der Waals surface area (Å²) in [6, 6.07) is 0. The Balaban J connectivity index is 2.79. The van der Waals surface area contributed by atoms with E-state index in [4.69, 9.17) is 0 Å². The molecule has 0 unspecified atom stereocenters. The normalized spacial score (nSPS) is 10.8. The Morgan fingerprint density at radius 1 is 1.57 bits per heavy atom. The SMILES string of the molecule is C=CCN(CCC)c1c(C(=O)O)cnc2c1c(C)nn2C. The topological polar surface area (TPSA) is 71.2 Å². The van der Waals surface area contributed by atoms with Crippen molar-refractivity contribution in [1.29, 1.82) is 0 Å². The number of hydrogen-bond donors (Lipinski definition) is 1. The highest BCUT2D eigenvalue weighted by Crippen LogP contribution is 2.32. The first kappa shape index (κ1) is 15.0. The fraction of sp³-hybridized carbons (Fsp3) is 0.400. The quantitative estimate of drug-likeness (QED) is 0.826. The zero-order valence-electron chi connectivity index (χ0n) is 12.6. The molecule has 0 atom stereocenters. The maximum absolute atomic E-state index is 11.6. The fourth-order valence-corrected chi connectivity index (χ4v) is 2.60. The van der Waals surface area contributed by atoms with Gasteiger partial charge in [-0.2, -0.15) is 5.10 Å². The molecule has 0 bridgehead atoms. The lowest BCUT2D eigenvalue weighted by Crippen LogP contribution is -2.26. The summed E-state index contributed by atoms with van der Waals surface area (Å²) in [6.45, 7) is 9.03. The Morgan fingerprint density at radius 3 is 2.86 bits per heavy atom. The highest BCUT2D eigenvalue weighted by Gasteiger charge is 2.22. The van der Waals surface area contributed by atoms with Crippen LogP contribution in [-0.2, 0) is 7.05 Å². The summed E-state index contributed by atoms with van der Waals surface area (Å²) in [7, 11) is 1.81. The van der Waals surface area contributed by atoms with E-state index in [9.17, 15) is 9.90 Å². The molecule has 6 nitrogen and oxygen atoms in total. The average Bonchev–Trinajstić information content (AvgIpc) is 2.73. The van der Waals surface area contributed by atoms with Crippen LogP contribution in [0.25, 0.3) is 11.0 Å². The minimum absolute atomic E-state index is 0.203. The second kappa shape index (κ2) is 5.95. The van der Waals surface area contributed by atoms with Gasteiger partial charge in [0.2, 0.25) is 0 Å². The predicted octanol–water partition coefficient (Wildman–Crippen LogP) is 2.38. The number of fused-ring (bicyclic) bond motifs is 1. The Morgan fingerprint density at radius 2 is 2.29 bits per heavy atom. The van der Waals surface area contributed by atoms with Gasteiger partial charge in [0.1, 0.15) is 5.56 Å². The molecular formula is C15H20N4O2. The van der Waals surface area contributed by atoms with Gasteiger partial charge >= 0.3 is 5.97 Å². The van der Waals surface area contributed by atoms with Gasteiger partial charge < -0.3 is 10.0 Å². The van der Waals surface area contributed by atoms with Crippen LogP contribution in [-0.4, -0.2) is 38.9 Å². The van der Waals surface area contributed by atoms with E-state index in [0.717, 1.165) is 24.0 Å². The molecule has 0 aromatic carbocycles. The smallest absolute Gasteiger partial charge is 0.339 e. The summed E-state index contributed by atoms with van der Waals surface area (Å²) < 4.78 is 1.68. The van der Waals surface area contributed by atoms with Gasteiger partial charge in [-0.1, -0.05) is 13.0 Å². The number of carboxylic acid groups (broad SMARTS) is 1. The number of anilines is 1. The van der Waals surface area contributed by atoms with E-state index >= 15 is 0 Å². The number of carboxylic acids is 1. The Kier molecular flexibility index (Phi) is 4.26. The summed E-state index contributed by atoms with van der Waals surface area (Å²) in [4.78, 5) is 17.9. The molecule has 0 radical (unpaired) electrons. The minimum atomic E-state index is -0.979. The van der Waals surface area contributed by atoms with Crippen LogP contribution in [0.4, 0.5) is 5.69 Å². The van der Waals surface area contributed by atoms with Crippen molar-refractivity contribution in [3.63, 3.8) is 0 Å². The van der Waals surface area contributed by atoms with Crippen molar-refractivity contribution >= 4 is 22.7 Å². The van der Waals surface area contributed by atoms with E-state index in [1.54, 1.807) is 10.8 Å². The number of nitrogens with zero attached hydrogens (tertiary/aromatic N) is 4. The van der Waals surface area contributed by atoms with Crippen LogP contribution in [0.3, 0.4) is 0 Å². The molecule has 0 amide bonds. The molecule has 2 rings (SSSR count).